The fraction of sp³-hybridized carbons (Fsp3) is 0.625. The molecule has 0 saturated carbocycles. The molecule has 4 unspecified atom stereocenters. The summed E-state index contributed by atoms with van der Waals surface area (Å²) in [5, 5.41) is 5.70. The molecule has 1 rings (SSSR count). The van der Waals surface area contributed by atoms with E-state index in [1.165, 1.54) is 4.90 Å². The first-order valence-corrected chi connectivity index (χ1v) is 14.6. The monoisotopic (exact) mass is 570 g/mol. The summed E-state index contributed by atoms with van der Waals surface area (Å²) in [6.45, 7) is 15.2. The Morgan fingerprint density at radius 3 is 2.07 bits per heavy atom. The van der Waals surface area contributed by atoms with E-state index in [-0.39, 0.29) is 30.8 Å². The van der Waals surface area contributed by atoms with Gasteiger partial charge in [0.15, 0.2) is 0 Å². The largest absolute Gasteiger partial charge is 0.444 e. The lowest BCUT2D eigenvalue weighted by Crippen LogP contribution is -2.56. The van der Waals surface area contributed by atoms with E-state index in [1.54, 1.807) is 45.0 Å². The van der Waals surface area contributed by atoms with Gasteiger partial charge in [0.1, 0.15) is 17.7 Å². The van der Waals surface area contributed by atoms with E-state index in [0.717, 1.165) is 19.3 Å². The molecule has 9 nitrogen and oxygen atoms in total. The Morgan fingerprint density at radius 1 is 0.976 bits per heavy atom. The average molecular weight is 571 g/mol. The number of alkyl carbamates (subject to hydrolysis) is 1. The third-order valence-electron chi connectivity index (χ3n) is 6.59. The van der Waals surface area contributed by atoms with E-state index in [4.69, 9.17) is 16.9 Å². The minimum atomic E-state index is -1.15. The summed E-state index contributed by atoms with van der Waals surface area (Å²) in [6, 6.07) is 4.31. The molecule has 4 N–H and O–H groups in total. The highest BCUT2D eigenvalue weighted by atomic mass is 16.6. The second-order valence-corrected chi connectivity index (χ2v) is 12.1. The standard InChI is InChI=1S/C32H50N4O5/c1-10-12-22(5)34-29(38)28(25-17-15-24(11-2)16-18-25)36(23(6)14-13-21(3)4)30(39)26(19-20-27(33)37)35-31(40)41-32(7,8)9/h2,15-18,21-23,26,28H,10,12-14,19-20H2,1,3-9H3,(H2,33,37)(H,34,38)(H,35,40). The van der Waals surface area contributed by atoms with E-state index in [1.807, 2.05) is 20.8 Å². The molecule has 0 aliphatic heterocycles. The summed E-state index contributed by atoms with van der Waals surface area (Å²) in [6.07, 6.45) is 7.67. The van der Waals surface area contributed by atoms with Gasteiger partial charge in [-0.05, 0) is 83.9 Å². The Balaban J connectivity index is 3.68. The van der Waals surface area contributed by atoms with Crippen LogP contribution in [0.15, 0.2) is 24.3 Å². The number of benzene rings is 1. The number of nitrogens with one attached hydrogen (secondary N) is 2. The average Bonchev–Trinajstić information content (AvgIpc) is 2.86. The molecule has 0 radical (unpaired) electrons. The van der Waals surface area contributed by atoms with E-state index in [2.05, 4.69) is 30.4 Å². The van der Waals surface area contributed by atoms with Crippen molar-refractivity contribution in [3.63, 3.8) is 0 Å². The van der Waals surface area contributed by atoms with Gasteiger partial charge in [0, 0.05) is 24.1 Å². The summed E-state index contributed by atoms with van der Waals surface area (Å²) in [5.74, 6) is 1.50. The van der Waals surface area contributed by atoms with Gasteiger partial charge in [-0.2, -0.15) is 0 Å². The molecule has 9 heteroatoms. The van der Waals surface area contributed by atoms with Crippen LogP contribution in [0.5, 0.6) is 0 Å². The van der Waals surface area contributed by atoms with Crippen molar-refractivity contribution in [1.82, 2.24) is 15.5 Å². The number of ether oxygens (including phenoxy) is 1. The lowest BCUT2D eigenvalue weighted by molar-refractivity contribution is -0.145. The van der Waals surface area contributed by atoms with Gasteiger partial charge in [0.2, 0.25) is 17.7 Å². The van der Waals surface area contributed by atoms with Crippen molar-refractivity contribution in [2.24, 2.45) is 11.7 Å². The van der Waals surface area contributed by atoms with Crippen LogP contribution in [-0.2, 0) is 19.1 Å². The molecule has 228 valence electrons. The molecule has 0 bridgehead atoms. The number of rotatable bonds is 15. The zero-order valence-electron chi connectivity index (χ0n) is 26.1. The van der Waals surface area contributed by atoms with Crippen LogP contribution >= 0.6 is 0 Å². The molecule has 0 aliphatic carbocycles. The Hall–Kier alpha value is -3.54. The van der Waals surface area contributed by atoms with Crippen LogP contribution in [0.3, 0.4) is 0 Å². The van der Waals surface area contributed by atoms with Crippen molar-refractivity contribution in [2.75, 3.05) is 0 Å². The first-order valence-electron chi connectivity index (χ1n) is 14.6. The normalized spacial score (nSPS) is 14.2. The van der Waals surface area contributed by atoms with Gasteiger partial charge in [0.05, 0.1) is 0 Å². The topological polar surface area (TPSA) is 131 Å². The maximum absolute atomic E-state index is 14.4. The number of nitrogens with two attached hydrogens (primary N) is 1. The van der Waals surface area contributed by atoms with Crippen LogP contribution in [-0.4, -0.2) is 52.4 Å². The van der Waals surface area contributed by atoms with Crippen LogP contribution < -0.4 is 16.4 Å². The van der Waals surface area contributed by atoms with Crippen LogP contribution in [0, 0.1) is 18.3 Å². The summed E-state index contributed by atoms with van der Waals surface area (Å²) in [4.78, 5) is 54.3. The SMILES string of the molecule is C#Cc1ccc(C(C(=O)NC(C)CCC)N(C(=O)C(CCC(N)=O)NC(=O)OC(C)(C)C)C(C)CCC(C)C)cc1. The maximum atomic E-state index is 14.4. The molecule has 0 aliphatic rings. The Kier molecular flexibility index (Phi) is 14.4. The van der Waals surface area contributed by atoms with Crippen molar-refractivity contribution in [1.29, 1.82) is 0 Å². The quantitative estimate of drug-likeness (QED) is 0.260. The molecule has 0 fully saturated rings. The van der Waals surface area contributed by atoms with E-state index >= 15 is 0 Å². The third kappa shape index (κ3) is 12.7. The summed E-state index contributed by atoms with van der Waals surface area (Å²) in [5.41, 5.74) is 5.84. The molecule has 0 spiro atoms. The van der Waals surface area contributed by atoms with E-state index < -0.39 is 35.6 Å². The van der Waals surface area contributed by atoms with Crippen LogP contribution in [0.4, 0.5) is 4.79 Å². The highest BCUT2D eigenvalue weighted by Crippen LogP contribution is 2.28. The fourth-order valence-corrected chi connectivity index (χ4v) is 4.51. The van der Waals surface area contributed by atoms with Gasteiger partial charge in [-0.3, -0.25) is 14.4 Å². The van der Waals surface area contributed by atoms with E-state index in [9.17, 15) is 19.2 Å². The van der Waals surface area contributed by atoms with Crippen LogP contribution in [0.25, 0.3) is 0 Å². The van der Waals surface area contributed by atoms with Gasteiger partial charge in [-0.25, -0.2) is 4.79 Å². The van der Waals surface area contributed by atoms with Gasteiger partial charge in [0.25, 0.3) is 0 Å². The summed E-state index contributed by atoms with van der Waals surface area (Å²) < 4.78 is 5.41. The third-order valence-corrected chi connectivity index (χ3v) is 6.59. The molecule has 1 aromatic carbocycles. The van der Waals surface area contributed by atoms with Gasteiger partial charge in [-0.15, -0.1) is 6.42 Å². The highest BCUT2D eigenvalue weighted by Gasteiger charge is 2.39. The number of carbonyl (C=O) groups is 4. The molecule has 0 heterocycles. The minimum absolute atomic E-state index is 0.0442. The van der Waals surface area contributed by atoms with Crippen LogP contribution in [0.1, 0.15) is 111 Å². The van der Waals surface area contributed by atoms with Crippen molar-refractivity contribution < 1.29 is 23.9 Å². The number of primary amides is 1. The Bertz CT molecular complexity index is 1060. The van der Waals surface area contributed by atoms with Gasteiger partial charge in [-0.1, -0.05) is 45.2 Å². The molecule has 1 aromatic rings. The number of terminal acetylenes is 1. The lowest BCUT2D eigenvalue weighted by Gasteiger charge is -2.39. The lowest BCUT2D eigenvalue weighted by atomic mass is 9.95. The van der Waals surface area contributed by atoms with Crippen molar-refractivity contribution in [2.45, 2.75) is 124 Å². The van der Waals surface area contributed by atoms with Crippen molar-refractivity contribution in [3.05, 3.63) is 35.4 Å². The zero-order valence-corrected chi connectivity index (χ0v) is 26.1. The number of amides is 4. The second-order valence-electron chi connectivity index (χ2n) is 12.1. The summed E-state index contributed by atoms with van der Waals surface area (Å²) >= 11 is 0. The Labute approximate surface area is 246 Å². The highest BCUT2D eigenvalue weighted by molar-refractivity contribution is 5.92. The molecular formula is C32H50N4O5. The molecule has 4 atom stereocenters. The summed E-state index contributed by atoms with van der Waals surface area (Å²) in [7, 11) is 0. The van der Waals surface area contributed by atoms with Crippen molar-refractivity contribution >= 4 is 23.8 Å². The molecule has 4 amide bonds. The fourth-order valence-electron chi connectivity index (χ4n) is 4.51. The Morgan fingerprint density at radius 2 is 1.59 bits per heavy atom. The number of carbonyl (C=O) groups excluding carboxylic acids is 4. The smallest absolute Gasteiger partial charge is 0.408 e. The molecular weight excluding hydrogens is 520 g/mol. The second kappa shape index (κ2) is 16.7. The molecule has 41 heavy (non-hydrogen) atoms. The van der Waals surface area contributed by atoms with Crippen molar-refractivity contribution in [3.8, 4) is 12.3 Å². The predicted octanol–water partition coefficient (Wildman–Crippen LogP) is 4.83. The van der Waals surface area contributed by atoms with Gasteiger partial charge < -0.3 is 26.0 Å². The predicted molar refractivity (Wildman–Crippen MR) is 162 cm³/mol. The van der Waals surface area contributed by atoms with Crippen LogP contribution in [0.2, 0.25) is 0 Å². The number of hydrogen-bond donors (Lipinski definition) is 3. The first kappa shape index (κ1) is 35.5. The molecule has 0 saturated heterocycles. The maximum Gasteiger partial charge on any atom is 0.408 e. The zero-order chi connectivity index (χ0) is 31.3. The number of nitrogens with zero attached hydrogens (tertiary/aromatic N) is 1. The minimum Gasteiger partial charge on any atom is -0.444 e. The van der Waals surface area contributed by atoms with Gasteiger partial charge >= 0.3 is 6.09 Å². The number of hydrogen-bond acceptors (Lipinski definition) is 5. The molecule has 0 aromatic heterocycles. The van der Waals surface area contributed by atoms with E-state index in [0.29, 0.717) is 23.5 Å². The first-order chi connectivity index (χ1) is 19.1.